The van der Waals surface area contributed by atoms with Gasteiger partial charge in [0.05, 0.1) is 23.3 Å². The minimum absolute atomic E-state index is 0.214. The highest BCUT2D eigenvalue weighted by Gasteiger charge is 2.19. The van der Waals surface area contributed by atoms with Crippen molar-refractivity contribution in [3.8, 4) is 22.8 Å². The maximum absolute atomic E-state index is 9.56. The van der Waals surface area contributed by atoms with E-state index in [0.717, 1.165) is 54.5 Å². The maximum atomic E-state index is 9.56. The molecule has 0 bridgehead atoms. The molecule has 0 saturated carbocycles. The highest BCUT2D eigenvalue weighted by Crippen LogP contribution is 2.27. The fraction of sp³-hybridized carbons (Fsp3) is 0.318. The molecule has 29 heavy (non-hydrogen) atoms. The van der Waals surface area contributed by atoms with Crippen molar-refractivity contribution >= 4 is 11.5 Å². The summed E-state index contributed by atoms with van der Waals surface area (Å²) in [7, 11) is 0. The van der Waals surface area contributed by atoms with Crippen molar-refractivity contribution in [1.82, 2.24) is 14.8 Å². The lowest BCUT2D eigenvalue weighted by Crippen LogP contribution is -2.29. The Labute approximate surface area is 169 Å². The molecule has 1 saturated heterocycles. The summed E-state index contributed by atoms with van der Waals surface area (Å²) in [5, 5.41) is 25.9. The Morgan fingerprint density at radius 1 is 1.17 bits per heavy atom. The minimum Gasteiger partial charge on any atom is -0.508 e. The molecule has 2 aromatic heterocycles. The van der Waals surface area contributed by atoms with E-state index in [1.807, 2.05) is 37.3 Å². The van der Waals surface area contributed by atoms with Gasteiger partial charge >= 0.3 is 0 Å². The zero-order chi connectivity index (χ0) is 20.2. The van der Waals surface area contributed by atoms with Crippen LogP contribution in [0.25, 0.3) is 17.1 Å². The largest absolute Gasteiger partial charge is 0.508 e. The van der Waals surface area contributed by atoms with Gasteiger partial charge in [-0.25, -0.2) is 9.67 Å². The molecule has 7 nitrogen and oxygen atoms in total. The number of aromatic nitrogens is 3. The summed E-state index contributed by atoms with van der Waals surface area (Å²) in [4.78, 5) is 4.88. The van der Waals surface area contributed by atoms with Gasteiger partial charge in [0.25, 0.3) is 0 Å². The Morgan fingerprint density at radius 2 is 1.93 bits per heavy atom. The van der Waals surface area contributed by atoms with E-state index in [9.17, 15) is 5.11 Å². The van der Waals surface area contributed by atoms with Crippen molar-refractivity contribution in [3.05, 3.63) is 54.2 Å². The van der Waals surface area contributed by atoms with Gasteiger partial charge in [-0.05, 0) is 61.7 Å². The Hall–Kier alpha value is -3.19. The normalized spacial score (nSPS) is 14.7. The number of benzene rings is 1. The van der Waals surface area contributed by atoms with Crippen molar-refractivity contribution in [2.24, 2.45) is 0 Å². The second-order valence-corrected chi connectivity index (χ2v) is 7.10. The molecule has 1 fully saturated rings. The van der Waals surface area contributed by atoms with E-state index in [4.69, 9.17) is 15.1 Å². The standard InChI is InChI=1S/C22H25N5O2/c1-2-19(23)18-7-8-20(26-22(18)25-15-10-13-29-14-11-15)21-9-12-24-27(21)16-3-5-17(28)6-4-16/h3-9,12,15,23,28H,2,10-11,13-14H2,1H3,(H,25,26). The number of hydrogen-bond donors (Lipinski definition) is 3. The molecule has 0 atom stereocenters. The summed E-state index contributed by atoms with van der Waals surface area (Å²) in [6, 6.07) is 13.0. The summed E-state index contributed by atoms with van der Waals surface area (Å²) in [5.74, 6) is 0.950. The Morgan fingerprint density at radius 3 is 2.66 bits per heavy atom. The molecule has 1 aliphatic rings. The first-order valence-electron chi connectivity index (χ1n) is 9.92. The van der Waals surface area contributed by atoms with Gasteiger partial charge in [0.2, 0.25) is 0 Å². The topological polar surface area (TPSA) is 96.1 Å². The Kier molecular flexibility index (Phi) is 5.57. The molecule has 7 heteroatoms. The van der Waals surface area contributed by atoms with Crippen LogP contribution in [0.3, 0.4) is 0 Å². The predicted octanol–water partition coefficient (Wildman–Crippen LogP) is 4.01. The number of phenolic OH excluding ortho intramolecular Hbond substituents is 1. The third-order valence-corrected chi connectivity index (χ3v) is 5.14. The third kappa shape index (κ3) is 4.14. The van der Waals surface area contributed by atoms with Gasteiger partial charge in [0, 0.05) is 30.5 Å². The zero-order valence-corrected chi connectivity index (χ0v) is 16.4. The first kappa shape index (κ1) is 19.1. The van der Waals surface area contributed by atoms with Crippen molar-refractivity contribution in [1.29, 1.82) is 5.41 Å². The van der Waals surface area contributed by atoms with E-state index in [0.29, 0.717) is 12.1 Å². The number of anilines is 1. The molecule has 0 radical (unpaired) electrons. The van der Waals surface area contributed by atoms with Crippen LogP contribution in [0.4, 0.5) is 5.82 Å². The van der Waals surface area contributed by atoms with E-state index < -0.39 is 0 Å². The van der Waals surface area contributed by atoms with Crippen LogP contribution in [0.5, 0.6) is 5.75 Å². The van der Waals surface area contributed by atoms with Crippen molar-refractivity contribution in [3.63, 3.8) is 0 Å². The van der Waals surface area contributed by atoms with Gasteiger partial charge in [-0.1, -0.05) is 6.92 Å². The number of rotatable bonds is 6. The van der Waals surface area contributed by atoms with Crippen LogP contribution >= 0.6 is 0 Å². The molecule has 1 aliphatic heterocycles. The molecule has 0 spiro atoms. The highest BCUT2D eigenvalue weighted by atomic mass is 16.5. The molecule has 150 valence electrons. The second kappa shape index (κ2) is 8.45. The molecule has 1 aromatic carbocycles. The predicted molar refractivity (Wildman–Crippen MR) is 113 cm³/mol. The third-order valence-electron chi connectivity index (χ3n) is 5.14. The smallest absolute Gasteiger partial charge is 0.136 e. The van der Waals surface area contributed by atoms with Gasteiger partial charge < -0.3 is 20.6 Å². The molecule has 3 heterocycles. The summed E-state index contributed by atoms with van der Waals surface area (Å²) >= 11 is 0. The lowest BCUT2D eigenvalue weighted by Gasteiger charge is -2.25. The number of nitrogens with one attached hydrogen (secondary N) is 2. The SMILES string of the molecule is CCC(=N)c1ccc(-c2ccnn2-c2ccc(O)cc2)nc1NC1CCOCC1. The first-order valence-corrected chi connectivity index (χ1v) is 9.92. The van der Waals surface area contributed by atoms with Crippen LogP contribution in [-0.4, -0.2) is 44.8 Å². The number of aromatic hydroxyl groups is 1. The van der Waals surface area contributed by atoms with Crippen molar-refractivity contribution < 1.29 is 9.84 Å². The molecular weight excluding hydrogens is 366 g/mol. The second-order valence-electron chi connectivity index (χ2n) is 7.10. The summed E-state index contributed by atoms with van der Waals surface area (Å²) < 4.78 is 7.26. The van der Waals surface area contributed by atoms with Gasteiger partial charge in [-0.15, -0.1) is 0 Å². The van der Waals surface area contributed by atoms with E-state index in [1.54, 1.807) is 23.0 Å². The summed E-state index contributed by atoms with van der Waals surface area (Å²) in [6.45, 7) is 3.46. The van der Waals surface area contributed by atoms with Crippen LogP contribution in [0.15, 0.2) is 48.7 Å². The van der Waals surface area contributed by atoms with Crippen LogP contribution in [0.1, 0.15) is 31.7 Å². The average Bonchev–Trinajstić information content (AvgIpc) is 3.24. The zero-order valence-electron chi connectivity index (χ0n) is 16.4. The molecule has 4 rings (SSSR count). The van der Waals surface area contributed by atoms with Crippen LogP contribution in [-0.2, 0) is 4.74 Å². The number of hydrogen-bond acceptors (Lipinski definition) is 6. The minimum atomic E-state index is 0.214. The summed E-state index contributed by atoms with van der Waals surface area (Å²) in [6.07, 6.45) is 4.23. The quantitative estimate of drug-likeness (QED) is 0.552. The van der Waals surface area contributed by atoms with Crippen molar-refractivity contribution in [2.75, 3.05) is 18.5 Å². The van der Waals surface area contributed by atoms with Gasteiger partial charge in [0.1, 0.15) is 11.6 Å². The van der Waals surface area contributed by atoms with Crippen molar-refractivity contribution in [2.45, 2.75) is 32.2 Å². The highest BCUT2D eigenvalue weighted by molar-refractivity contribution is 6.02. The Bertz CT molecular complexity index is 991. The lowest BCUT2D eigenvalue weighted by molar-refractivity contribution is 0.0904. The maximum Gasteiger partial charge on any atom is 0.136 e. The van der Waals surface area contributed by atoms with Crippen LogP contribution in [0.2, 0.25) is 0 Å². The van der Waals surface area contributed by atoms with E-state index >= 15 is 0 Å². The van der Waals surface area contributed by atoms with Crippen LogP contribution in [0, 0.1) is 5.41 Å². The molecular formula is C22H25N5O2. The first-order chi connectivity index (χ1) is 14.2. The fourth-order valence-electron chi connectivity index (χ4n) is 3.48. The number of ether oxygens (including phenoxy) is 1. The van der Waals surface area contributed by atoms with Gasteiger partial charge in [-0.2, -0.15) is 5.10 Å². The number of pyridine rings is 1. The monoisotopic (exact) mass is 391 g/mol. The van der Waals surface area contributed by atoms with E-state index in [2.05, 4.69) is 10.4 Å². The number of phenols is 1. The molecule has 0 amide bonds. The molecule has 0 aliphatic carbocycles. The lowest BCUT2D eigenvalue weighted by atomic mass is 10.1. The molecule has 3 aromatic rings. The van der Waals surface area contributed by atoms with Crippen LogP contribution < -0.4 is 5.32 Å². The van der Waals surface area contributed by atoms with E-state index in [1.165, 1.54) is 0 Å². The van der Waals surface area contributed by atoms with E-state index in [-0.39, 0.29) is 11.8 Å². The molecule has 3 N–H and O–H groups in total. The van der Waals surface area contributed by atoms with Gasteiger partial charge in [-0.3, -0.25) is 0 Å². The fourth-order valence-corrected chi connectivity index (χ4v) is 3.48. The molecule has 0 unspecified atom stereocenters. The Balaban J connectivity index is 1.71. The average molecular weight is 391 g/mol. The van der Waals surface area contributed by atoms with Gasteiger partial charge in [0.15, 0.2) is 0 Å². The summed E-state index contributed by atoms with van der Waals surface area (Å²) in [5.41, 5.74) is 3.86. The number of nitrogens with zero attached hydrogens (tertiary/aromatic N) is 3.